The van der Waals surface area contributed by atoms with E-state index < -0.39 is 0 Å². The molecule has 0 radical (unpaired) electrons. The fraction of sp³-hybridized carbons (Fsp3) is 0. The van der Waals surface area contributed by atoms with Crippen molar-refractivity contribution in [1.82, 2.24) is 0 Å². The van der Waals surface area contributed by atoms with Crippen molar-refractivity contribution in [3.63, 3.8) is 0 Å². The molecule has 0 rings (SSSR count). The molecule has 24 valence electrons. The van der Waals surface area contributed by atoms with E-state index in [0.717, 1.165) is 0 Å². The van der Waals surface area contributed by atoms with Gasteiger partial charge in [-0.15, -0.1) is 0 Å². The van der Waals surface area contributed by atoms with Crippen LogP contribution < -0.4 is 0 Å². The molecule has 0 aromatic heterocycles. The molecule has 0 unspecified atom stereocenters. The fourth-order valence-corrected chi connectivity index (χ4v) is 0. The van der Waals surface area contributed by atoms with Gasteiger partial charge in [0.15, 0.2) is 12.1 Å². The molecule has 0 spiro atoms. The third kappa shape index (κ3) is 23.1. The van der Waals surface area contributed by atoms with Crippen molar-refractivity contribution in [1.29, 1.82) is 10.5 Å². The summed E-state index contributed by atoms with van der Waals surface area (Å²) >= 11 is 0. The number of rotatable bonds is 0. The Balaban J connectivity index is -0.0000000450. The summed E-state index contributed by atoms with van der Waals surface area (Å²) < 4.78 is 0. The van der Waals surface area contributed by atoms with E-state index in [-0.39, 0.29) is 49.0 Å². The van der Waals surface area contributed by atoms with Crippen molar-refractivity contribution < 1.29 is 49.0 Å². The van der Waals surface area contributed by atoms with Gasteiger partial charge in [0.25, 0.3) is 0 Å². The Morgan fingerprint density at radius 3 is 1.17 bits per heavy atom. The average molecular weight is 212 g/mol. The molecule has 2 nitrogen and oxygen atoms in total. The normalized spacial score (nSPS) is 1.67. The number of nitriles is 2. The van der Waals surface area contributed by atoms with Crippen LogP contribution in [-0.2, 0) is 49.0 Å². The molecule has 0 fully saturated rings. The third-order valence-electron chi connectivity index (χ3n) is 0.0500. The molecule has 0 saturated heterocycles. The van der Waals surface area contributed by atoms with Crippen LogP contribution in [0.25, 0.3) is 0 Å². The minimum absolute atomic E-state index is 0. The zero-order valence-electron chi connectivity index (χ0n) is 3.10. The van der Waals surface area contributed by atoms with E-state index in [4.69, 9.17) is 10.5 Å². The van der Waals surface area contributed by atoms with Crippen LogP contribution >= 0.6 is 0 Å². The third-order valence-corrected chi connectivity index (χ3v) is 0.0500. The van der Waals surface area contributed by atoms with Crippen molar-refractivity contribution in [2.75, 3.05) is 0 Å². The summed E-state index contributed by atoms with van der Waals surface area (Å²) in [6, 6.07) is 2.47. The van der Waals surface area contributed by atoms with E-state index in [2.05, 4.69) is 0 Å². The first kappa shape index (κ1) is 16.0. The second-order valence-corrected chi connectivity index (χ2v) is 0.224. The van der Waals surface area contributed by atoms with Gasteiger partial charge in [0.05, 0.1) is 0 Å². The fourth-order valence-electron chi connectivity index (χ4n) is 0. The smallest absolute Gasteiger partial charge is 0.181 e. The second kappa shape index (κ2) is 17.5. The Morgan fingerprint density at radius 1 is 1.00 bits per heavy atom. The first-order valence-corrected chi connectivity index (χ1v) is 0.697. The topological polar surface area (TPSA) is 47.6 Å². The van der Waals surface area contributed by atoms with Crippen LogP contribution in [0.3, 0.4) is 0 Å². The molecule has 0 bridgehead atoms. The maximum atomic E-state index is 7.26. The van der Waals surface area contributed by atoms with Crippen molar-refractivity contribution >= 4 is 0 Å². The monoisotopic (exact) mass is 214 g/mol. The summed E-state index contributed by atoms with van der Waals surface area (Å²) in [7, 11) is 0. The van der Waals surface area contributed by atoms with Crippen LogP contribution in [0.5, 0.6) is 0 Å². The maximum absolute atomic E-state index is 7.26. The molecular formula is C2CdN2Ti. The average Bonchev–Trinajstić information content (AvgIpc) is 1.37. The van der Waals surface area contributed by atoms with E-state index in [9.17, 15) is 0 Å². The van der Waals surface area contributed by atoms with E-state index in [1.54, 1.807) is 0 Å². The van der Waals surface area contributed by atoms with E-state index in [0.29, 0.717) is 0 Å². The van der Waals surface area contributed by atoms with Gasteiger partial charge in [-0.2, -0.15) is 10.5 Å². The summed E-state index contributed by atoms with van der Waals surface area (Å²) in [5.41, 5.74) is 0. The number of nitrogens with zero attached hydrogens (tertiary/aromatic N) is 2. The molecule has 6 heavy (non-hydrogen) atoms. The van der Waals surface area contributed by atoms with E-state index in [1.807, 2.05) is 0 Å². The molecule has 0 aliphatic carbocycles. The van der Waals surface area contributed by atoms with Gasteiger partial charge >= 0.3 is 0 Å². The molecule has 0 amide bonds. The molecule has 0 aliphatic heterocycles. The Morgan fingerprint density at radius 2 is 1.17 bits per heavy atom. The van der Waals surface area contributed by atoms with E-state index >= 15 is 0 Å². The van der Waals surface area contributed by atoms with Crippen molar-refractivity contribution in [3.05, 3.63) is 0 Å². The second-order valence-electron chi connectivity index (χ2n) is 0.224. The number of hydrogen-bond donors (Lipinski definition) is 0. The van der Waals surface area contributed by atoms with Crippen LogP contribution in [-0.4, -0.2) is 0 Å². The van der Waals surface area contributed by atoms with Gasteiger partial charge in [0.1, 0.15) is 0 Å². The quantitative estimate of drug-likeness (QED) is 0.532. The first-order chi connectivity index (χ1) is 1.91. The Bertz CT molecular complexity index is 66.5. The van der Waals surface area contributed by atoms with Gasteiger partial charge < -0.3 is 0 Å². The molecule has 0 atom stereocenters. The molecule has 0 aromatic carbocycles. The van der Waals surface area contributed by atoms with Crippen molar-refractivity contribution in [2.24, 2.45) is 0 Å². The van der Waals surface area contributed by atoms with E-state index in [1.165, 1.54) is 12.1 Å². The van der Waals surface area contributed by atoms with Crippen molar-refractivity contribution in [2.45, 2.75) is 0 Å². The van der Waals surface area contributed by atoms with Crippen LogP contribution in [0.1, 0.15) is 0 Å². The Kier molecular flexibility index (Phi) is 46.5. The van der Waals surface area contributed by atoms with Crippen LogP contribution in [0.4, 0.5) is 0 Å². The zero-order chi connectivity index (χ0) is 3.41. The zero-order valence-corrected chi connectivity index (χ0v) is 8.70. The van der Waals surface area contributed by atoms with Gasteiger partial charge in [-0.25, -0.2) is 0 Å². The van der Waals surface area contributed by atoms with Gasteiger partial charge in [-0.1, -0.05) is 0 Å². The number of hydrogen-bond acceptors (Lipinski definition) is 2. The summed E-state index contributed by atoms with van der Waals surface area (Å²) in [6.07, 6.45) is 0. The molecular weight excluding hydrogens is 212 g/mol. The van der Waals surface area contributed by atoms with Crippen LogP contribution in [0, 0.1) is 22.7 Å². The standard InChI is InChI=1S/C2N2.Cd.Ti/c3-1-2-4;;. The van der Waals surface area contributed by atoms with Gasteiger partial charge in [0.2, 0.25) is 0 Å². The van der Waals surface area contributed by atoms with Gasteiger partial charge in [-0.3, -0.25) is 0 Å². The molecule has 4 heteroatoms. The molecule has 0 N–H and O–H groups in total. The summed E-state index contributed by atoms with van der Waals surface area (Å²) in [6.45, 7) is 0. The van der Waals surface area contributed by atoms with Crippen LogP contribution in [0.15, 0.2) is 0 Å². The van der Waals surface area contributed by atoms with Crippen molar-refractivity contribution in [3.8, 4) is 12.1 Å². The first-order valence-electron chi connectivity index (χ1n) is 0.697. The van der Waals surface area contributed by atoms with Gasteiger partial charge in [-0.05, 0) is 0 Å². The Labute approximate surface area is 71.2 Å². The van der Waals surface area contributed by atoms with Gasteiger partial charge in [0, 0.05) is 49.0 Å². The SMILES string of the molecule is N#CC#N.[Cd].[Ti]. The van der Waals surface area contributed by atoms with Crippen LogP contribution in [0.2, 0.25) is 0 Å². The summed E-state index contributed by atoms with van der Waals surface area (Å²) in [4.78, 5) is 0. The predicted molar refractivity (Wildman–Crippen MR) is 11.2 cm³/mol. The predicted octanol–water partition coefficient (Wildman–Crippen LogP) is 0.0286. The molecule has 0 saturated carbocycles. The summed E-state index contributed by atoms with van der Waals surface area (Å²) in [5.74, 6) is 0. The summed E-state index contributed by atoms with van der Waals surface area (Å²) in [5, 5.41) is 14.5. The maximum Gasteiger partial charge on any atom is 0.181 e. The molecule has 0 aromatic rings. The largest absolute Gasteiger partial charge is 0.181 e. The minimum Gasteiger partial charge on any atom is -0.181 e. The Hall–Kier alpha value is 0.616. The minimum atomic E-state index is 0. The molecule has 0 heterocycles. The molecule has 0 aliphatic rings.